The number of rotatable bonds is 9. The van der Waals surface area contributed by atoms with E-state index in [0.29, 0.717) is 23.0 Å². The first kappa shape index (κ1) is 24.0. The molecule has 0 radical (unpaired) electrons. The van der Waals surface area contributed by atoms with Crippen LogP contribution in [0.25, 0.3) is 0 Å². The predicted octanol–water partition coefficient (Wildman–Crippen LogP) is 5.95. The quantitative estimate of drug-likeness (QED) is 0.452. The van der Waals surface area contributed by atoms with Crippen LogP contribution in [-0.4, -0.2) is 34.6 Å². The van der Waals surface area contributed by atoms with Crippen molar-refractivity contribution in [1.82, 2.24) is 10.2 Å². The maximum absolute atomic E-state index is 13.3. The van der Waals surface area contributed by atoms with Crippen LogP contribution in [0.5, 0.6) is 0 Å². The van der Waals surface area contributed by atoms with Gasteiger partial charge in [-0.05, 0) is 49.1 Å². The van der Waals surface area contributed by atoms with Crippen molar-refractivity contribution in [2.24, 2.45) is 0 Å². The van der Waals surface area contributed by atoms with Crippen molar-refractivity contribution in [2.45, 2.75) is 62.6 Å². The molecule has 4 nitrogen and oxygen atoms in total. The lowest BCUT2D eigenvalue weighted by Crippen LogP contribution is -2.51. The van der Waals surface area contributed by atoms with E-state index in [2.05, 4.69) is 5.32 Å². The molecule has 1 unspecified atom stereocenters. The third-order valence-electron chi connectivity index (χ3n) is 5.53. The Labute approximate surface area is 198 Å². The fourth-order valence-corrected chi connectivity index (χ4v) is 4.99. The summed E-state index contributed by atoms with van der Waals surface area (Å²) in [5.74, 6) is 0.110. The first-order valence-electron chi connectivity index (χ1n) is 10.7. The van der Waals surface area contributed by atoms with Crippen molar-refractivity contribution in [3.63, 3.8) is 0 Å². The Bertz CT molecular complexity index is 888. The molecule has 0 spiro atoms. The molecule has 0 aliphatic heterocycles. The lowest BCUT2D eigenvalue weighted by Gasteiger charge is -2.31. The fourth-order valence-electron chi connectivity index (χ4n) is 3.87. The van der Waals surface area contributed by atoms with Crippen molar-refractivity contribution in [2.75, 3.05) is 5.75 Å². The Morgan fingerprint density at radius 1 is 1.10 bits per heavy atom. The van der Waals surface area contributed by atoms with Crippen molar-refractivity contribution in [3.05, 3.63) is 64.1 Å². The molecule has 0 heterocycles. The summed E-state index contributed by atoms with van der Waals surface area (Å²) in [6.07, 6.45) is 4.84. The monoisotopic (exact) mass is 478 g/mol. The van der Waals surface area contributed by atoms with Gasteiger partial charge in [-0.1, -0.05) is 67.2 Å². The zero-order valence-electron chi connectivity index (χ0n) is 17.7. The van der Waals surface area contributed by atoms with Crippen LogP contribution in [0.4, 0.5) is 0 Å². The van der Waals surface area contributed by atoms with Crippen LogP contribution in [0.2, 0.25) is 10.0 Å². The Balaban J connectivity index is 1.77. The van der Waals surface area contributed by atoms with Crippen LogP contribution < -0.4 is 5.32 Å². The Kier molecular flexibility index (Phi) is 9.12. The predicted molar refractivity (Wildman–Crippen MR) is 129 cm³/mol. The molecule has 1 saturated carbocycles. The molecule has 0 aromatic heterocycles. The van der Waals surface area contributed by atoms with Gasteiger partial charge in [0.15, 0.2) is 0 Å². The average molecular weight is 479 g/mol. The molecule has 0 bridgehead atoms. The number of thioether (sulfide) groups is 1. The third-order valence-corrected chi connectivity index (χ3v) is 7.27. The number of hydrogen-bond donors (Lipinski definition) is 1. The number of nitrogens with zero attached hydrogens (tertiary/aromatic N) is 1. The van der Waals surface area contributed by atoms with Crippen molar-refractivity contribution in [1.29, 1.82) is 0 Å². The number of benzene rings is 2. The highest BCUT2D eigenvalue weighted by Gasteiger charge is 2.30. The summed E-state index contributed by atoms with van der Waals surface area (Å²) in [7, 11) is 0. The van der Waals surface area contributed by atoms with E-state index in [4.69, 9.17) is 23.2 Å². The second-order valence-electron chi connectivity index (χ2n) is 7.79. The molecule has 2 aromatic rings. The standard InChI is InChI=1S/C24H28Cl2N2O2S/c1-2-22(24(30)27-18-8-6-7-9-18)28(15-17-12-13-20(25)21(26)14-17)23(29)16-31-19-10-4-3-5-11-19/h3-5,10-14,18,22H,2,6-9,15-16H2,1H3,(H,27,30). The van der Waals surface area contributed by atoms with Crippen LogP contribution in [0.15, 0.2) is 53.4 Å². The summed E-state index contributed by atoms with van der Waals surface area (Å²) in [6.45, 7) is 2.25. The normalized spacial score (nSPS) is 14.9. The van der Waals surface area contributed by atoms with Gasteiger partial charge in [-0.15, -0.1) is 11.8 Å². The summed E-state index contributed by atoms with van der Waals surface area (Å²) in [4.78, 5) is 29.1. The average Bonchev–Trinajstić information content (AvgIpc) is 3.28. The smallest absolute Gasteiger partial charge is 0.243 e. The summed E-state index contributed by atoms with van der Waals surface area (Å²) in [6, 6.07) is 14.8. The number of amides is 2. The Morgan fingerprint density at radius 2 is 1.81 bits per heavy atom. The summed E-state index contributed by atoms with van der Waals surface area (Å²) in [5.41, 5.74) is 0.847. The van der Waals surface area contributed by atoms with Gasteiger partial charge in [-0.2, -0.15) is 0 Å². The highest BCUT2D eigenvalue weighted by Crippen LogP contribution is 2.25. The molecule has 3 rings (SSSR count). The van der Waals surface area contributed by atoms with Crippen LogP contribution in [0, 0.1) is 0 Å². The van der Waals surface area contributed by atoms with E-state index in [9.17, 15) is 9.59 Å². The van der Waals surface area contributed by atoms with Gasteiger partial charge in [0.2, 0.25) is 11.8 Å². The van der Waals surface area contributed by atoms with Crippen LogP contribution >= 0.6 is 35.0 Å². The molecular formula is C24H28Cl2N2O2S. The largest absolute Gasteiger partial charge is 0.352 e. The first-order valence-corrected chi connectivity index (χ1v) is 12.4. The SMILES string of the molecule is CCC(C(=O)NC1CCCC1)N(Cc1ccc(Cl)c(Cl)c1)C(=O)CSc1ccccc1. The molecule has 1 fully saturated rings. The van der Waals surface area contributed by atoms with Gasteiger partial charge in [0.1, 0.15) is 6.04 Å². The van der Waals surface area contributed by atoms with Gasteiger partial charge >= 0.3 is 0 Å². The molecule has 31 heavy (non-hydrogen) atoms. The van der Waals surface area contributed by atoms with Gasteiger partial charge < -0.3 is 10.2 Å². The van der Waals surface area contributed by atoms with Crippen LogP contribution in [0.1, 0.15) is 44.6 Å². The number of halogens is 2. The molecule has 2 amide bonds. The molecular weight excluding hydrogens is 451 g/mol. The summed E-state index contributed by atoms with van der Waals surface area (Å²) in [5, 5.41) is 4.06. The lowest BCUT2D eigenvalue weighted by molar-refractivity contribution is -0.139. The highest BCUT2D eigenvalue weighted by molar-refractivity contribution is 8.00. The van der Waals surface area contributed by atoms with E-state index in [0.717, 1.165) is 36.1 Å². The molecule has 1 N–H and O–H groups in total. The highest BCUT2D eigenvalue weighted by atomic mass is 35.5. The zero-order chi connectivity index (χ0) is 22.2. The minimum absolute atomic E-state index is 0.0756. The maximum atomic E-state index is 13.3. The van der Waals surface area contributed by atoms with E-state index in [-0.39, 0.29) is 23.6 Å². The van der Waals surface area contributed by atoms with E-state index in [1.54, 1.807) is 17.0 Å². The van der Waals surface area contributed by atoms with E-state index < -0.39 is 6.04 Å². The fraction of sp³-hybridized carbons (Fsp3) is 0.417. The lowest BCUT2D eigenvalue weighted by atomic mass is 10.1. The first-order chi connectivity index (χ1) is 15.0. The molecule has 166 valence electrons. The number of carbonyl (C=O) groups excluding carboxylic acids is 2. The Morgan fingerprint density at radius 3 is 2.45 bits per heavy atom. The maximum Gasteiger partial charge on any atom is 0.243 e. The molecule has 0 saturated heterocycles. The zero-order valence-corrected chi connectivity index (χ0v) is 20.0. The third kappa shape index (κ3) is 6.90. The van der Waals surface area contributed by atoms with E-state index in [1.807, 2.05) is 43.3 Å². The van der Waals surface area contributed by atoms with Gasteiger partial charge in [-0.25, -0.2) is 0 Å². The second kappa shape index (κ2) is 11.8. The van der Waals surface area contributed by atoms with Gasteiger partial charge in [-0.3, -0.25) is 9.59 Å². The van der Waals surface area contributed by atoms with Crippen molar-refractivity contribution < 1.29 is 9.59 Å². The van der Waals surface area contributed by atoms with Crippen LogP contribution in [0.3, 0.4) is 0 Å². The summed E-state index contributed by atoms with van der Waals surface area (Å²) < 4.78 is 0. The van der Waals surface area contributed by atoms with Gasteiger partial charge in [0.25, 0.3) is 0 Å². The molecule has 1 aliphatic rings. The molecule has 2 aromatic carbocycles. The molecule has 7 heteroatoms. The Hall–Kier alpha value is -1.69. The van der Waals surface area contributed by atoms with Crippen LogP contribution in [-0.2, 0) is 16.1 Å². The number of carbonyl (C=O) groups is 2. The summed E-state index contributed by atoms with van der Waals surface area (Å²) >= 11 is 13.7. The topological polar surface area (TPSA) is 49.4 Å². The minimum atomic E-state index is -0.529. The van der Waals surface area contributed by atoms with E-state index in [1.165, 1.54) is 11.8 Å². The number of hydrogen-bond acceptors (Lipinski definition) is 3. The number of nitrogens with one attached hydrogen (secondary N) is 1. The van der Waals surface area contributed by atoms with Gasteiger partial charge in [0.05, 0.1) is 15.8 Å². The van der Waals surface area contributed by atoms with Crippen molar-refractivity contribution >= 4 is 46.8 Å². The molecule has 1 aliphatic carbocycles. The van der Waals surface area contributed by atoms with Gasteiger partial charge in [0, 0.05) is 17.5 Å². The minimum Gasteiger partial charge on any atom is -0.352 e. The molecule has 1 atom stereocenters. The van der Waals surface area contributed by atoms with E-state index >= 15 is 0 Å². The van der Waals surface area contributed by atoms with Crippen molar-refractivity contribution in [3.8, 4) is 0 Å². The second-order valence-corrected chi connectivity index (χ2v) is 9.65.